The topological polar surface area (TPSA) is 101 Å². The lowest BCUT2D eigenvalue weighted by molar-refractivity contribution is -0.247. The fraction of sp³-hybridized carbons (Fsp3) is 0.711. The lowest BCUT2D eigenvalue weighted by Gasteiger charge is -2.72. The van der Waals surface area contributed by atoms with E-state index >= 15 is 0 Å². The van der Waals surface area contributed by atoms with Crippen molar-refractivity contribution in [2.75, 3.05) is 0 Å². The number of allylic oxidation sites excluding steroid dienone is 1. The van der Waals surface area contributed by atoms with Crippen molar-refractivity contribution >= 4 is 17.9 Å². The van der Waals surface area contributed by atoms with E-state index in [0.717, 1.165) is 62.5 Å². The summed E-state index contributed by atoms with van der Waals surface area (Å²) in [6.07, 6.45) is 10.6. The Labute approximate surface area is 306 Å². The van der Waals surface area contributed by atoms with Crippen LogP contribution in [0.2, 0.25) is 0 Å². The zero-order valence-electron chi connectivity index (χ0n) is 32.5. The minimum absolute atomic E-state index is 0.0151. The van der Waals surface area contributed by atoms with E-state index in [9.17, 15) is 24.6 Å². The smallest absolute Gasteiger partial charge is 0.309 e. The first-order valence-electron chi connectivity index (χ1n) is 19.6. The van der Waals surface area contributed by atoms with E-state index in [1.807, 2.05) is 24.3 Å². The number of benzene rings is 1. The molecule has 278 valence electrons. The molecule has 0 radical (unpaired) electrons. The fourth-order valence-electron chi connectivity index (χ4n) is 13.3. The third kappa shape index (κ3) is 5.97. The minimum Gasteiger partial charge on any atom is -0.481 e. The van der Waals surface area contributed by atoms with Crippen molar-refractivity contribution in [3.8, 4) is 11.8 Å². The lowest BCUT2D eigenvalue weighted by atomic mass is 9.32. The second-order valence-corrected chi connectivity index (χ2v) is 19.5. The molecule has 1 aromatic carbocycles. The number of rotatable bonds is 7. The normalized spacial score (nSPS) is 39.5. The van der Waals surface area contributed by atoms with Crippen molar-refractivity contribution < 1.29 is 29.3 Å². The highest BCUT2D eigenvalue weighted by molar-refractivity contribution is 5.81. The number of carboxylic acid groups (broad SMARTS) is 2. The third-order valence-electron chi connectivity index (χ3n) is 16.3. The Morgan fingerprint density at radius 1 is 0.882 bits per heavy atom. The van der Waals surface area contributed by atoms with Gasteiger partial charge in [-0.2, -0.15) is 0 Å². The maximum Gasteiger partial charge on any atom is 0.309 e. The summed E-state index contributed by atoms with van der Waals surface area (Å²) in [5.74, 6) is 7.66. The van der Waals surface area contributed by atoms with E-state index in [4.69, 9.17) is 4.74 Å². The van der Waals surface area contributed by atoms with Crippen LogP contribution in [0.3, 0.4) is 0 Å². The zero-order valence-corrected chi connectivity index (χ0v) is 32.5. The predicted octanol–water partition coefficient (Wildman–Crippen LogP) is 9.74. The molecule has 1 aromatic rings. The molecule has 5 fully saturated rings. The van der Waals surface area contributed by atoms with Gasteiger partial charge in [-0.1, -0.05) is 76.8 Å². The first-order valence-corrected chi connectivity index (χ1v) is 19.6. The zero-order chi connectivity index (χ0) is 37.4. The molecule has 6 nitrogen and oxygen atoms in total. The van der Waals surface area contributed by atoms with Crippen LogP contribution < -0.4 is 0 Å². The number of carboxylic acids is 2. The number of carbonyl (C=O) groups is 3. The van der Waals surface area contributed by atoms with Crippen molar-refractivity contribution in [3.63, 3.8) is 0 Å². The van der Waals surface area contributed by atoms with E-state index in [0.29, 0.717) is 29.6 Å². The molecule has 5 saturated carbocycles. The second-order valence-electron chi connectivity index (χ2n) is 19.5. The van der Waals surface area contributed by atoms with Crippen LogP contribution in [0, 0.1) is 73.9 Å². The van der Waals surface area contributed by atoms with Crippen LogP contribution in [0.25, 0.3) is 0 Å². The lowest BCUT2D eigenvalue weighted by Crippen LogP contribution is -2.66. The van der Waals surface area contributed by atoms with Crippen molar-refractivity contribution in [1.82, 2.24) is 0 Å². The molecule has 2 N–H and O–H groups in total. The van der Waals surface area contributed by atoms with Crippen molar-refractivity contribution in [2.24, 2.45) is 62.1 Å². The molecule has 5 aliphatic rings. The van der Waals surface area contributed by atoms with E-state index < -0.39 is 23.3 Å². The molecule has 0 aliphatic heterocycles. The summed E-state index contributed by atoms with van der Waals surface area (Å²) in [6.45, 7) is 22.3. The number of fused-ring (bicyclic) bond motifs is 7. The average Bonchev–Trinajstić information content (AvgIpc) is 3.42. The van der Waals surface area contributed by atoms with Gasteiger partial charge in [0.05, 0.1) is 18.3 Å². The van der Waals surface area contributed by atoms with Gasteiger partial charge >= 0.3 is 17.9 Å². The van der Waals surface area contributed by atoms with Gasteiger partial charge < -0.3 is 14.9 Å². The van der Waals surface area contributed by atoms with E-state index in [1.165, 1.54) is 18.4 Å². The molecule has 0 amide bonds. The van der Waals surface area contributed by atoms with Crippen molar-refractivity contribution in [1.29, 1.82) is 0 Å². The fourth-order valence-corrected chi connectivity index (χ4v) is 13.3. The van der Waals surface area contributed by atoms with Crippen LogP contribution in [0.15, 0.2) is 36.4 Å². The highest BCUT2D eigenvalue weighted by Gasteiger charge is 2.71. The number of hydrogen-bond acceptors (Lipinski definition) is 4. The molecule has 6 heteroatoms. The van der Waals surface area contributed by atoms with E-state index in [1.54, 1.807) is 13.8 Å². The molecular weight excluding hydrogens is 636 g/mol. The quantitative estimate of drug-likeness (QED) is 0.167. The molecule has 6 rings (SSSR count). The third-order valence-corrected chi connectivity index (χ3v) is 16.3. The standard InChI is InChI=1S/C45H62O6/c1-28(2)31-17-23-45(22-16-29-12-10-11-13-30(29)26-36(46)47)25-24-43(8)32(38(31)45)14-15-34-42(7)20-19-35(51-37(48)27-40(3,4)39(49)50)41(5,6)33(42)18-21-44(34,43)9/h10-13,31-35,38H,1,14-15,17-21,23-27H2,2-9H3,(H,46,47)(H,49,50)/t31-,32?,33?,34?,35-,38?,42-,43+,44+,45+/m0/s1. The molecule has 51 heavy (non-hydrogen) atoms. The molecule has 5 aliphatic carbocycles. The summed E-state index contributed by atoms with van der Waals surface area (Å²) in [7, 11) is 0. The molecular formula is C45H62O6. The number of hydrogen-bond donors (Lipinski definition) is 2. The van der Waals surface area contributed by atoms with Crippen LogP contribution in [0.5, 0.6) is 0 Å². The molecule has 4 unspecified atom stereocenters. The second kappa shape index (κ2) is 12.8. The summed E-state index contributed by atoms with van der Waals surface area (Å²) in [6, 6.07) is 7.75. The Kier molecular flexibility index (Phi) is 9.46. The van der Waals surface area contributed by atoms with Gasteiger partial charge in [-0.25, -0.2) is 0 Å². The number of esters is 1. The molecule has 0 aromatic heterocycles. The van der Waals surface area contributed by atoms with Gasteiger partial charge in [0.15, 0.2) is 0 Å². The largest absolute Gasteiger partial charge is 0.481 e. The monoisotopic (exact) mass is 698 g/mol. The van der Waals surface area contributed by atoms with Gasteiger partial charge in [0.25, 0.3) is 0 Å². The predicted molar refractivity (Wildman–Crippen MR) is 200 cm³/mol. The maximum atomic E-state index is 13.1. The van der Waals surface area contributed by atoms with Gasteiger partial charge in [-0.05, 0) is 142 Å². The summed E-state index contributed by atoms with van der Waals surface area (Å²) >= 11 is 0. The minimum atomic E-state index is -1.15. The number of carbonyl (C=O) groups excluding carboxylic acids is 1. The molecule has 0 spiro atoms. The SMILES string of the molecule is C=C(C)[C@@H]1CC[C@]2(C#Cc3ccccc3CC(=O)O)CC[C@]3(C)C(CCC4[C@@]5(C)CC[C@H](OC(=O)CC(C)(C)C(=O)O)C(C)(C)C5CC[C@]43C)C12. The highest BCUT2D eigenvalue weighted by Crippen LogP contribution is 2.77. The van der Waals surface area contributed by atoms with Gasteiger partial charge in [-0.3, -0.25) is 14.4 Å². The van der Waals surface area contributed by atoms with E-state index in [2.05, 4.69) is 60.0 Å². The molecule has 0 bridgehead atoms. The van der Waals surface area contributed by atoms with Crippen molar-refractivity contribution in [3.05, 3.63) is 47.5 Å². The summed E-state index contributed by atoms with van der Waals surface area (Å²) in [5, 5.41) is 19.2. The van der Waals surface area contributed by atoms with Crippen LogP contribution in [-0.4, -0.2) is 34.2 Å². The van der Waals surface area contributed by atoms with Gasteiger partial charge in [0.2, 0.25) is 0 Å². The van der Waals surface area contributed by atoms with Gasteiger partial charge in [0, 0.05) is 16.4 Å². The van der Waals surface area contributed by atoms with Gasteiger partial charge in [0.1, 0.15) is 6.10 Å². The van der Waals surface area contributed by atoms with Crippen LogP contribution in [0.4, 0.5) is 0 Å². The average molecular weight is 699 g/mol. The Bertz CT molecular complexity index is 1660. The Morgan fingerprint density at radius 2 is 1.59 bits per heavy atom. The summed E-state index contributed by atoms with van der Waals surface area (Å²) < 4.78 is 6.17. The van der Waals surface area contributed by atoms with Crippen LogP contribution >= 0.6 is 0 Å². The molecule has 0 saturated heterocycles. The number of aliphatic carboxylic acids is 2. The number of ether oxygens (including phenoxy) is 1. The Hall–Kier alpha value is -3.07. The molecule has 0 heterocycles. The molecule has 10 atom stereocenters. The van der Waals surface area contributed by atoms with Crippen LogP contribution in [-0.2, 0) is 25.5 Å². The Balaban J connectivity index is 1.29. The van der Waals surface area contributed by atoms with Crippen molar-refractivity contribution in [2.45, 2.75) is 139 Å². The van der Waals surface area contributed by atoms with E-state index in [-0.39, 0.29) is 46.0 Å². The first-order chi connectivity index (χ1) is 23.7. The maximum absolute atomic E-state index is 13.1. The first kappa shape index (κ1) is 37.7. The Morgan fingerprint density at radius 3 is 2.25 bits per heavy atom. The highest BCUT2D eigenvalue weighted by atomic mass is 16.5. The van der Waals surface area contributed by atoms with Crippen LogP contribution in [0.1, 0.15) is 137 Å². The summed E-state index contributed by atoms with van der Waals surface area (Å²) in [5.41, 5.74) is 1.92. The van der Waals surface area contributed by atoms with Gasteiger partial charge in [-0.15, -0.1) is 0 Å². The summed E-state index contributed by atoms with van der Waals surface area (Å²) in [4.78, 5) is 36.5.